The van der Waals surface area contributed by atoms with Crippen LogP contribution in [0.3, 0.4) is 0 Å². The van der Waals surface area contributed by atoms with E-state index in [1.54, 1.807) is 20.8 Å². The number of carbonyl (C=O) groups excluding carboxylic acids is 1. The van der Waals surface area contributed by atoms with Gasteiger partial charge >= 0.3 is 5.97 Å². The maximum atomic E-state index is 11.8. The highest BCUT2D eigenvalue weighted by molar-refractivity contribution is 5.95. The molecule has 0 spiro atoms. The average Bonchev–Trinajstić information content (AvgIpc) is 2.34. The Morgan fingerprint density at radius 3 is 2.22 bits per heavy atom. The third kappa shape index (κ3) is 2.56. The molecule has 0 fully saturated rings. The molecule has 0 radical (unpaired) electrons. The molecule has 1 aromatic rings. The minimum atomic E-state index is -0.808. The van der Waals surface area contributed by atoms with E-state index in [-0.39, 0.29) is 17.9 Å². The van der Waals surface area contributed by atoms with Crippen LogP contribution in [0.4, 0.5) is 0 Å². The lowest BCUT2D eigenvalue weighted by Crippen LogP contribution is -2.10. The van der Waals surface area contributed by atoms with Gasteiger partial charge in [-0.3, -0.25) is 4.89 Å². The first-order chi connectivity index (χ1) is 8.41. The van der Waals surface area contributed by atoms with Gasteiger partial charge in [0.2, 0.25) is 0 Å². The van der Waals surface area contributed by atoms with Crippen LogP contribution in [0.25, 0.3) is 0 Å². The molecule has 0 bridgehead atoms. The van der Waals surface area contributed by atoms with Gasteiger partial charge in [-0.25, -0.2) is 4.79 Å². The van der Waals surface area contributed by atoms with Crippen molar-refractivity contribution in [3.05, 3.63) is 22.3 Å². The molecule has 0 aliphatic heterocycles. The Balaban J connectivity index is 3.13. The summed E-state index contributed by atoms with van der Waals surface area (Å²) in [7, 11) is 0. The SMILES string of the molecule is CCCOOC(=O)c1c(C)c(C)c(C)c(O)c1O. The molecule has 18 heavy (non-hydrogen) atoms. The lowest BCUT2D eigenvalue weighted by Gasteiger charge is -2.14. The predicted molar refractivity (Wildman–Crippen MR) is 65.6 cm³/mol. The van der Waals surface area contributed by atoms with Gasteiger partial charge in [-0.15, -0.1) is 0 Å². The lowest BCUT2D eigenvalue weighted by molar-refractivity contribution is -0.240. The Kier molecular flexibility index (Phi) is 4.55. The molecule has 0 saturated carbocycles. The molecule has 0 unspecified atom stereocenters. The smallest absolute Gasteiger partial charge is 0.377 e. The van der Waals surface area contributed by atoms with Crippen LogP contribution in [0.15, 0.2) is 0 Å². The molecule has 2 N–H and O–H groups in total. The fourth-order valence-electron chi connectivity index (χ4n) is 1.59. The van der Waals surface area contributed by atoms with Gasteiger partial charge in [0.25, 0.3) is 0 Å². The summed E-state index contributed by atoms with van der Waals surface area (Å²) in [5, 5.41) is 19.5. The Hall–Kier alpha value is -1.75. The number of phenolic OH excluding ortho intramolecular Hbond substituents is 2. The first-order valence-corrected chi connectivity index (χ1v) is 5.77. The highest BCUT2D eigenvalue weighted by Crippen LogP contribution is 2.37. The normalized spacial score (nSPS) is 10.4. The molecule has 0 aliphatic rings. The van der Waals surface area contributed by atoms with Gasteiger partial charge in [-0.05, 0) is 43.9 Å². The van der Waals surface area contributed by atoms with Crippen molar-refractivity contribution in [3.8, 4) is 11.5 Å². The van der Waals surface area contributed by atoms with E-state index in [0.29, 0.717) is 17.5 Å². The zero-order valence-electron chi connectivity index (χ0n) is 11.0. The topological polar surface area (TPSA) is 76.0 Å². The van der Waals surface area contributed by atoms with E-state index in [2.05, 4.69) is 9.78 Å². The van der Waals surface area contributed by atoms with Crippen molar-refractivity contribution < 1.29 is 24.8 Å². The number of benzene rings is 1. The second-order valence-electron chi connectivity index (χ2n) is 4.14. The summed E-state index contributed by atoms with van der Waals surface area (Å²) in [5.41, 5.74) is 1.77. The van der Waals surface area contributed by atoms with E-state index in [1.807, 2.05) is 6.92 Å². The standard InChI is InChI=1S/C13H18O5/c1-5-6-17-18-13(16)10-8(3)7(2)9(4)11(14)12(10)15/h14-15H,5-6H2,1-4H3. The summed E-state index contributed by atoms with van der Waals surface area (Å²) >= 11 is 0. The molecule has 5 heteroatoms. The van der Waals surface area contributed by atoms with E-state index in [0.717, 1.165) is 5.56 Å². The van der Waals surface area contributed by atoms with Crippen molar-refractivity contribution in [1.82, 2.24) is 0 Å². The third-order valence-corrected chi connectivity index (χ3v) is 2.94. The van der Waals surface area contributed by atoms with Crippen LogP contribution in [0.2, 0.25) is 0 Å². The molecular weight excluding hydrogens is 236 g/mol. The Morgan fingerprint density at radius 1 is 1.06 bits per heavy atom. The van der Waals surface area contributed by atoms with Crippen LogP contribution in [0.5, 0.6) is 11.5 Å². The summed E-state index contributed by atoms with van der Waals surface area (Å²) in [4.78, 5) is 21.0. The summed E-state index contributed by atoms with van der Waals surface area (Å²) in [5.74, 6) is -1.59. The molecular formula is C13H18O5. The summed E-state index contributed by atoms with van der Waals surface area (Å²) in [6.07, 6.45) is 0.705. The van der Waals surface area contributed by atoms with Gasteiger partial charge in [0, 0.05) is 0 Å². The van der Waals surface area contributed by atoms with Crippen LogP contribution in [-0.2, 0) is 9.78 Å². The number of hydrogen-bond donors (Lipinski definition) is 2. The Morgan fingerprint density at radius 2 is 1.67 bits per heavy atom. The first-order valence-electron chi connectivity index (χ1n) is 5.77. The van der Waals surface area contributed by atoms with Crippen molar-refractivity contribution in [2.45, 2.75) is 34.1 Å². The van der Waals surface area contributed by atoms with Crippen molar-refractivity contribution in [2.24, 2.45) is 0 Å². The van der Waals surface area contributed by atoms with Crippen LogP contribution < -0.4 is 0 Å². The zero-order valence-corrected chi connectivity index (χ0v) is 11.0. The highest BCUT2D eigenvalue weighted by atomic mass is 17.2. The minimum Gasteiger partial charge on any atom is -0.504 e. The maximum Gasteiger partial charge on any atom is 0.377 e. The Bertz CT molecular complexity index is 436. The average molecular weight is 254 g/mol. The van der Waals surface area contributed by atoms with E-state index >= 15 is 0 Å². The van der Waals surface area contributed by atoms with E-state index in [4.69, 9.17) is 0 Å². The molecule has 0 heterocycles. The molecule has 0 amide bonds. The van der Waals surface area contributed by atoms with Gasteiger partial charge in [-0.2, -0.15) is 4.89 Å². The first kappa shape index (κ1) is 14.3. The van der Waals surface area contributed by atoms with Crippen molar-refractivity contribution in [3.63, 3.8) is 0 Å². The molecule has 0 aliphatic carbocycles. The molecule has 100 valence electrons. The number of phenols is 2. The molecule has 0 aromatic heterocycles. The summed E-state index contributed by atoms with van der Waals surface area (Å²) in [6.45, 7) is 7.26. The fraction of sp³-hybridized carbons (Fsp3) is 0.462. The molecule has 0 atom stereocenters. The summed E-state index contributed by atoms with van der Waals surface area (Å²) in [6, 6.07) is 0. The second-order valence-corrected chi connectivity index (χ2v) is 4.14. The van der Waals surface area contributed by atoms with Crippen LogP contribution in [0, 0.1) is 20.8 Å². The van der Waals surface area contributed by atoms with Crippen molar-refractivity contribution in [1.29, 1.82) is 0 Å². The van der Waals surface area contributed by atoms with Crippen molar-refractivity contribution in [2.75, 3.05) is 6.61 Å². The Labute approximate surface area is 106 Å². The van der Waals surface area contributed by atoms with Crippen molar-refractivity contribution >= 4 is 5.97 Å². The molecule has 0 saturated heterocycles. The fourth-order valence-corrected chi connectivity index (χ4v) is 1.59. The number of aromatic hydroxyl groups is 2. The van der Waals surface area contributed by atoms with Gasteiger partial charge < -0.3 is 10.2 Å². The minimum absolute atomic E-state index is 0.0632. The zero-order chi connectivity index (χ0) is 13.9. The summed E-state index contributed by atoms with van der Waals surface area (Å²) < 4.78 is 0. The van der Waals surface area contributed by atoms with E-state index < -0.39 is 11.7 Å². The van der Waals surface area contributed by atoms with Crippen LogP contribution in [-0.4, -0.2) is 22.8 Å². The van der Waals surface area contributed by atoms with Crippen LogP contribution in [0.1, 0.15) is 40.4 Å². The monoisotopic (exact) mass is 254 g/mol. The van der Waals surface area contributed by atoms with E-state index in [1.165, 1.54) is 0 Å². The van der Waals surface area contributed by atoms with E-state index in [9.17, 15) is 15.0 Å². The molecule has 1 rings (SSSR count). The van der Waals surface area contributed by atoms with Gasteiger partial charge in [0.1, 0.15) is 5.56 Å². The lowest BCUT2D eigenvalue weighted by atomic mass is 9.96. The predicted octanol–water partition coefficient (Wildman–Crippen LogP) is 2.52. The molecule has 5 nitrogen and oxygen atoms in total. The third-order valence-electron chi connectivity index (χ3n) is 2.94. The quantitative estimate of drug-likeness (QED) is 0.374. The van der Waals surface area contributed by atoms with Gasteiger partial charge in [0.15, 0.2) is 11.5 Å². The number of rotatable bonds is 4. The second kappa shape index (κ2) is 5.73. The van der Waals surface area contributed by atoms with Gasteiger partial charge in [0.05, 0.1) is 6.61 Å². The van der Waals surface area contributed by atoms with Crippen LogP contribution >= 0.6 is 0 Å². The van der Waals surface area contributed by atoms with Gasteiger partial charge in [-0.1, -0.05) is 6.92 Å². The highest BCUT2D eigenvalue weighted by Gasteiger charge is 2.23. The molecule has 1 aromatic carbocycles. The number of hydrogen-bond acceptors (Lipinski definition) is 5. The number of carbonyl (C=O) groups is 1. The maximum absolute atomic E-state index is 11.8. The largest absolute Gasteiger partial charge is 0.504 e.